The molecule has 1 aliphatic heterocycles. The number of amides is 2. The van der Waals surface area contributed by atoms with Crippen molar-refractivity contribution in [3.8, 4) is 0 Å². The average molecular weight is 325 g/mol. The molecule has 124 valence electrons. The van der Waals surface area contributed by atoms with Crippen LogP contribution >= 0.6 is 0 Å². The second-order valence-electron chi connectivity index (χ2n) is 5.57. The molecule has 0 bridgehead atoms. The van der Waals surface area contributed by atoms with E-state index in [1.807, 2.05) is 30.3 Å². The van der Waals surface area contributed by atoms with Crippen LogP contribution in [0.3, 0.4) is 0 Å². The van der Waals surface area contributed by atoms with Gasteiger partial charge in [-0.3, -0.25) is 14.6 Å². The quantitative estimate of drug-likeness (QED) is 0.864. The number of para-hydroxylation sites is 1. The molecule has 1 saturated heterocycles. The van der Waals surface area contributed by atoms with Gasteiger partial charge in [-0.05, 0) is 18.2 Å². The Balaban J connectivity index is 1.79. The van der Waals surface area contributed by atoms with Crippen LogP contribution in [0.25, 0.3) is 0 Å². The van der Waals surface area contributed by atoms with E-state index < -0.39 is 0 Å². The minimum atomic E-state index is -0.203. The maximum Gasteiger partial charge on any atom is 0.259 e. The number of ether oxygens (including phenoxy) is 1. The number of nitrogens with zero attached hydrogens (tertiary/aromatic N) is 3. The van der Waals surface area contributed by atoms with Gasteiger partial charge in [-0.2, -0.15) is 0 Å². The Bertz CT molecular complexity index is 727. The Morgan fingerprint density at radius 3 is 2.46 bits per heavy atom. The zero-order valence-electron chi connectivity index (χ0n) is 13.5. The number of hydrogen-bond donors (Lipinski definition) is 0. The number of carbonyl (C=O) groups excluding carboxylic acids is 2. The Hall–Kier alpha value is -2.73. The van der Waals surface area contributed by atoms with Crippen LogP contribution in [-0.2, 0) is 4.74 Å². The largest absolute Gasteiger partial charge is 0.378 e. The number of anilines is 1. The van der Waals surface area contributed by atoms with E-state index in [0.29, 0.717) is 37.4 Å². The lowest BCUT2D eigenvalue weighted by molar-refractivity contribution is 0.0302. The van der Waals surface area contributed by atoms with Crippen molar-refractivity contribution >= 4 is 17.5 Å². The minimum absolute atomic E-state index is 0.122. The number of hydrogen-bond acceptors (Lipinski definition) is 4. The topological polar surface area (TPSA) is 62.7 Å². The van der Waals surface area contributed by atoms with E-state index in [4.69, 9.17) is 4.74 Å². The molecule has 0 atom stereocenters. The van der Waals surface area contributed by atoms with Gasteiger partial charge >= 0.3 is 0 Å². The summed E-state index contributed by atoms with van der Waals surface area (Å²) in [7, 11) is 1.70. The van der Waals surface area contributed by atoms with Gasteiger partial charge in [0.05, 0.1) is 24.3 Å². The Morgan fingerprint density at radius 1 is 1.08 bits per heavy atom. The van der Waals surface area contributed by atoms with Gasteiger partial charge in [-0.25, -0.2) is 0 Å². The van der Waals surface area contributed by atoms with Crippen LogP contribution in [0.4, 0.5) is 5.69 Å². The van der Waals surface area contributed by atoms with Crippen LogP contribution in [0.15, 0.2) is 48.8 Å². The van der Waals surface area contributed by atoms with Gasteiger partial charge in [0, 0.05) is 38.2 Å². The molecule has 1 aliphatic rings. The normalized spacial score (nSPS) is 14.3. The van der Waals surface area contributed by atoms with Crippen molar-refractivity contribution in [2.75, 3.05) is 38.3 Å². The van der Waals surface area contributed by atoms with Gasteiger partial charge in [0.15, 0.2) is 0 Å². The average Bonchev–Trinajstić information content (AvgIpc) is 2.67. The molecule has 1 fully saturated rings. The lowest BCUT2D eigenvalue weighted by Crippen LogP contribution is -2.40. The Kier molecular flexibility index (Phi) is 4.86. The fourth-order valence-corrected chi connectivity index (χ4v) is 2.59. The van der Waals surface area contributed by atoms with Crippen molar-refractivity contribution in [1.82, 2.24) is 9.88 Å². The van der Waals surface area contributed by atoms with Crippen LogP contribution in [0, 0.1) is 0 Å². The van der Waals surface area contributed by atoms with Crippen LogP contribution in [0.2, 0.25) is 0 Å². The molecule has 0 aliphatic carbocycles. The summed E-state index contributed by atoms with van der Waals surface area (Å²) in [6.45, 7) is 2.19. The van der Waals surface area contributed by atoms with E-state index in [1.165, 1.54) is 12.4 Å². The minimum Gasteiger partial charge on any atom is -0.378 e. The van der Waals surface area contributed by atoms with Crippen molar-refractivity contribution in [3.63, 3.8) is 0 Å². The number of morpholine rings is 1. The molecule has 2 aromatic rings. The van der Waals surface area contributed by atoms with Crippen LogP contribution in [0.5, 0.6) is 0 Å². The fourth-order valence-electron chi connectivity index (χ4n) is 2.59. The highest BCUT2D eigenvalue weighted by Gasteiger charge is 2.21. The second kappa shape index (κ2) is 7.23. The maximum atomic E-state index is 12.6. The van der Waals surface area contributed by atoms with E-state index in [9.17, 15) is 9.59 Å². The first-order chi connectivity index (χ1) is 11.7. The van der Waals surface area contributed by atoms with Gasteiger partial charge in [0.1, 0.15) is 0 Å². The molecule has 6 nitrogen and oxygen atoms in total. The highest BCUT2D eigenvalue weighted by Crippen LogP contribution is 2.16. The predicted octanol–water partition coefficient (Wildman–Crippen LogP) is 1.83. The molecule has 0 unspecified atom stereocenters. The molecule has 2 heterocycles. The first kappa shape index (κ1) is 16.1. The number of benzene rings is 1. The first-order valence-corrected chi connectivity index (χ1v) is 7.82. The summed E-state index contributed by atoms with van der Waals surface area (Å²) in [5, 5.41) is 0. The molecule has 0 N–H and O–H groups in total. The second-order valence-corrected chi connectivity index (χ2v) is 5.57. The lowest BCUT2D eigenvalue weighted by atomic mass is 10.1. The predicted molar refractivity (Wildman–Crippen MR) is 90.1 cm³/mol. The van der Waals surface area contributed by atoms with Gasteiger partial charge in [0.25, 0.3) is 11.8 Å². The van der Waals surface area contributed by atoms with Crippen LogP contribution in [0.1, 0.15) is 20.7 Å². The summed E-state index contributed by atoms with van der Waals surface area (Å²) in [5.74, 6) is -0.326. The molecule has 0 radical (unpaired) electrons. The van der Waals surface area contributed by atoms with Gasteiger partial charge in [-0.15, -0.1) is 0 Å². The molecule has 0 saturated carbocycles. The summed E-state index contributed by atoms with van der Waals surface area (Å²) in [5.41, 5.74) is 1.59. The van der Waals surface area contributed by atoms with Gasteiger partial charge in [0.2, 0.25) is 0 Å². The Labute approximate surface area is 140 Å². The third kappa shape index (κ3) is 3.44. The van der Waals surface area contributed by atoms with Crippen LogP contribution < -0.4 is 4.90 Å². The smallest absolute Gasteiger partial charge is 0.259 e. The van der Waals surface area contributed by atoms with E-state index in [0.717, 1.165) is 5.69 Å². The van der Waals surface area contributed by atoms with E-state index in [-0.39, 0.29) is 11.8 Å². The Morgan fingerprint density at radius 2 is 1.75 bits per heavy atom. The molecule has 2 amide bonds. The van der Waals surface area contributed by atoms with E-state index in [1.54, 1.807) is 22.9 Å². The lowest BCUT2D eigenvalue weighted by Gasteiger charge is -2.26. The third-order valence-corrected chi connectivity index (χ3v) is 3.98. The molecule has 3 rings (SSSR count). The molecule has 24 heavy (non-hydrogen) atoms. The molecule has 1 aromatic heterocycles. The summed E-state index contributed by atoms with van der Waals surface area (Å²) in [6.07, 6.45) is 2.98. The zero-order valence-corrected chi connectivity index (χ0v) is 13.5. The number of rotatable bonds is 3. The van der Waals surface area contributed by atoms with Crippen molar-refractivity contribution in [2.24, 2.45) is 0 Å². The summed E-state index contributed by atoms with van der Waals surface area (Å²) in [4.78, 5) is 32.5. The fraction of sp³-hybridized carbons (Fsp3) is 0.278. The molecule has 1 aromatic carbocycles. The highest BCUT2D eigenvalue weighted by atomic mass is 16.5. The number of pyridine rings is 1. The highest BCUT2D eigenvalue weighted by molar-refractivity contribution is 6.07. The molecular weight excluding hydrogens is 306 g/mol. The molecule has 6 heteroatoms. The standard InChI is InChI=1S/C18H19N3O3/c1-20(16-5-3-2-4-6-16)17(22)14-11-15(13-19-12-14)18(23)21-7-9-24-10-8-21/h2-6,11-13H,7-10H2,1H3. The first-order valence-electron chi connectivity index (χ1n) is 7.82. The number of aromatic nitrogens is 1. The van der Waals surface area contributed by atoms with Gasteiger partial charge < -0.3 is 14.5 Å². The summed E-state index contributed by atoms with van der Waals surface area (Å²) in [6, 6.07) is 10.9. The molecular formula is C18H19N3O3. The summed E-state index contributed by atoms with van der Waals surface area (Å²) < 4.78 is 5.26. The van der Waals surface area contributed by atoms with Crippen molar-refractivity contribution < 1.29 is 14.3 Å². The van der Waals surface area contributed by atoms with Gasteiger partial charge in [-0.1, -0.05) is 18.2 Å². The maximum absolute atomic E-state index is 12.6. The summed E-state index contributed by atoms with van der Waals surface area (Å²) >= 11 is 0. The van der Waals surface area contributed by atoms with Crippen molar-refractivity contribution in [2.45, 2.75) is 0 Å². The van der Waals surface area contributed by atoms with Crippen molar-refractivity contribution in [3.05, 3.63) is 59.9 Å². The monoisotopic (exact) mass is 325 g/mol. The van der Waals surface area contributed by atoms with Crippen molar-refractivity contribution in [1.29, 1.82) is 0 Å². The van der Waals surface area contributed by atoms with E-state index >= 15 is 0 Å². The number of carbonyl (C=O) groups is 2. The zero-order chi connectivity index (χ0) is 16.9. The van der Waals surface area contributed by atoms with Crippen LogP contribution in [-0.4, -0.2) is 55.0 Å². The third-order valence-electron chi connectivity index (χ3n) is 3.98. The van der Waals surface area contributed by atoms with E-state index in [2.05, 4.69) is 4.98 Å². The SMILES string of the molecule is CN(C(=O)c1cncc(C(=O)N2CCOCC2)c1)c1ccccc1. The molecule has 0 spiro atoms.